The van der Waals surface area contributed by atoms with Gasteiger partial charge in [-0.05, 0) is 31.2 Å². The van der Waals surface area contributed by atoms with E-state index in [-0.39, 0.29) is 5.76 Å². The van der Waals surface area contributed by atoms with E-state index in [2.05, 4.69) is 4.98 Å². The first-order valence-corrected chi connectivity index (χ1v) is 6.42. The van der Waals surface area contributed by atoms with Gasteiger partial charge in [0, 0.05) is 0 Å². The molecule has 3 aromatic rings. The number of ether oxygens (including phenoxy) is 1. The van der Waals surface area contributed by atoms with Crippen molar-refractivity contribution in [1.82, 2.24) is 4.98 Å². The van der Waals surface area contributed by atoms with Crippen LogP contribution in [0.2, 0.25) is 0 Å². The summed E-state index contributed by atoms with van der Waals surface area (Å²) in [5, 5.41) is 19.3. The number of fused-ring (bicyclic) bond motifs is 1. The van der Waals surface area contributed by atoms with E-state index in [0.29, 0.717) is 22.8 Å². The van der Waals surface area contributed by atoms with Crippen molar-refractivity contribution in [2.45, 2.75) is 13.0 Å². The average Bonchev–Trinajstić information content (AvgIpc) is 2.86. The molecule has 0 saturated heterocycles. The number of nitrogens with zero attached hydrogens (tertiary/aromatic N) is 2. The molecule has 0 amide bonds. The fraction of sp³-hybridized carbons (Fsp3) is 0.125. The smallest absolute Gasteiger partial charge is 0.247 e. The van der Waals surface area contributed by atoms with Gasteiger partial charge >= 0.3 is 0 Å². The molecule has 0 radical (unpaired) electrons. The zero-order valence-corrected chi connectivity index (χ0v) is 11.3. The van der Waals surface area contributed by atoms with Crippen LogP contribution >= 0.6 is 0 Å². The highest BCUT2D eigenvalue weighted by atomic mass is 16.5. The third kappa shape index (κ3) is 2.45. The van der Waals surface area contributed by atoms with Gasteiger partial charge in [-0.1, -0.05) is 12.1 Å². The lowest BCUT2D eigenvalue weighted by Gasteiger charge is -2.06. The maximum Gasteiger partial charge on any atom is 0.247 e. The summed E-state index contributed by atoms with van der Waals surface area (Å²) in [6.45, 7) is 1.64. The molecule has 2 aromatic heterocycles. The van der Waals surface area contributed by atoms with E-state index in [4.69, 9.17) is 14.4 Å². The lowest BCUT2D eigenvalue weighted by atomic mass is 10.2. The lowest BCUT2D eigenvalue weighted by Crippen LogP contribution is -1.95. The third-order valence-electron chi connectivity index (χ3n) is 3.06. The Balaban J connectivity index is 1.99. The number of benzene rings is 1. The predicted octanol–water partition coefficient (Wildman–Crippen LogP) is 3.55. The molecule has 0 fully saturated rings. The van der Waals surface area contributed by atoms with Crippen molar-refractivity contribution in [1.29, 1.82) is 5.26 Å². The van der Waals surface area contributed by atoms with Crippen molar-refractivity contribution in [2.24, 2.45) is 0 Å². The highest BCUT2D eigenvalue weighted by molar-refractivity contribution is 5.86. The first-order valence-electron chi connectivity index (χ1n) is 6.42. The van der Waals surface area contributed by atoms with Gasteiger partial charge in [0.05, 0.1) is 23.4 Å². The number of hydrogen-bond acceptors (Lipinski definition) is 5. The van der Waals surface area contributed by atoms with E-state index in [9.17, 15) is 5.11 Å². The summed E-state index contributed by atoms with van der Waals surface area (Å²) in [5.41, 5.74) is 1.15. The van der Waals surface area contributed by atoms with Crippen molar-refractivity contribution < 1.29 is 14.3 Å². The molecule has 3 rings (SSSR count). The summed E-state index contributed by atoms with van der Waals surface area (Å²) in [6.07, 6.45) is 0.869. The van der Waals surface area contributed by atoms with Crippen LogP contribution in [0.4, 0.5) is 0 Å². The molecule has 0 bridgehead atoms. The molecule has 0 aliphatic carbocycles. The number of aromatic nitrogens is 1. The molecule has 5 heteroatoms. The van der Waals surface area contributed by atoms with Gasteiger partial charge in [0.2, 0.25) is 5.76 Å². The minimum atomic E-state index is -0.636. The Bertz CT molecular complexity index is 814. The Kier molecular flexibility index (Phi) is 3.30. The molecule has 1 atom stereocenters. The molecule has 21 heavy (non-hydrogen) atoms. The Morgan fingerprint density at radius 2 is 2.10 bits per heavy atom. The van der Waals surface area contributed by atoms with Crippen LogP contribution in [0.3, 0.4) is 0 Å². The Hall–Kier alpha value is -2.84. The first kappa shape index (κ1) is 13.2. The second-order valence-corrected chi connectivity index (χ2v) is 4.57. The van der Waals surface area contributed by atoms with E-state index in [0.717, 1.165) is 5.39 Å². The zero-order chi connectivity index (χ0) is 14.8. The standard InChI is InChI=1S/C16H12N2O3/c1-10(19)13-7-6-11(9-18-13)20-16-12-4-2-3-5-14(12)21-15(16)8-17/h2-7,9-10,19H,1H3/t10-/m1/s1. The van der Waals surface area contributed by atoms with Gasteiger partial charge in [0.1, 0.15) is 17.4 Å². The fourth-order valence-corrected chi connectivity index (χ4v) is 2.01. The largest absolute Gasteiger partial charge is 0.450 e. The summed E-state index contributed by atoms with van der Waals surface area (Å²) in [7, 11) is 0. The van der Waals surface area contributed by atoms with Crippen molar-refractivity contribution >= 4 is 11.0 Å². The van der Waals surface area contributed by atoms with Crippen LogP contribution in [0.5, 0.6) is 11.5 Å². The molecular formula is C16H12N2O3. The monoisotopic (exact) mass is 280 g/mol. The van der Waals surface area contributed by atoms with Crippen LogP contribution in [-0.4, -0.2) is 10.1 Å². The highest BCUT2D eigenvalue weighted by Crippen LogP contribution is 2.35. The molecular weight excluding hydrogens is 268 g/mol. The number of furan rings is 1. The second kappa shape index (κ2) is 5.27. The molecule has 1 N–H and O–H groups in total. The van der Waals surface area contributed by atoms with Crippen LogP contribution in [0, 0.1) is 11.3 Å². The topological polar surface area (TPSA) is 79.3 Å². The second-order valence-electron chi connectivity index (χ2n) is 4.57. The number of aliphatic hydroxyl groups excluding tert-OH is 1. The molecule has 104 valence electrons. The normalized spacial score (nSPS) is 12.0. The van der Waals surface area contributed by atoms with E-state index in [1.807, 2.05) is 24.3 Å². The maximum absolute atomic E-state index is 9.43. The quantitative estimate of drug-likeness (QED) is 0.793. The summed E-state index contributed by atoms with van der Waals surface area (Å²) in [5.74, 6) is 0.970. The van der Waals surface area contributed by atoms with E-state index >= 15 is 0 Å². The van der Waals surface area contributed by atoms with E-state index in [1.165, 1.54) is 6.20 Å². The highest BCUT2D eigenvalue weighted by Gasteiger charge is 2.16. The van der Waals surface area contributed by atoms with Crippen LogP contribution < -0.4 is 4.74 Å². The van der Waals surface area contributed by atoms with Crippen molar-refractivity contribution in [2.75, 3.05) is 0 Å². The number of pyridine rings is 1. The minimum Gasteiger partial charge on any atom is -0.450 e. The minimum absolute atomic E-state index is 0.121. The van der Waals surface area contributed by atoms with Gasteiger partial charge in [-0.3, -0.25) is 4.98 Å². The van der Waals surface area contributed by atoms with Crippen molar-refractivity contribution in [3.05, 3.63) is 54.0 Å². The first-order chi connectivity index (χ1) is 10.2. The van der Waals surface area contributed by atoms with E-state index in [1.54, 1.807) is 25.1 Å². The van der Waals surface area contributed by atoms with Crippen LogP contribution in [0.1, 0.15) is 24.5 Å². The Morgan fingerprint density at radius 3 is 2.76 bits per heavy atom. The van der Waals surface area contributed by atoms with Crippen molar-refractivity contribution in [3.63, 3.8) is 0 Å². The number of para-hydroxylation sites is 1. The molecule has 0 unspecified atom stereocenters. The Morgan fingerprint density at radius 1 is 1.29 bits per heavy atom. The number of aliphatic hydroxyl groups is 1. The van der Waals surface area contributed by atoms with Crippen LogP contribution in [-0.2, 0) is 0 Å². The van der Waals surface area contributed by atoms with Crippen LogP contribution in [0.15, 0.2) is 47.0 Å². The molecule has 0 saturated carbocycles. The third-order valence-corrected chi connectivity index (χ3v) is 3.06. The summed E-state index contributed by atoms with van der Waals surface area (Å²) in [6, 6.07) is 12.6. The predicted molar refractivity (Wildman–Crippen MR) is 75.9 cm³/mol. The van der Waals surface area contributed by atoms with Gasteiger partial charge < -0.3 is 14.3 Å². The van der Waals surface area contributed by atoms with Crippen molar-refractivity contribution in [3.8, 4) is 17.6 Å². The molecule has 1 aromatic carbocycles. The number of nitriles is 1. The summed E-state index contributed by atoms with van der Waals surface area (Å²) in [4.78, 5) is 4.11. The zero-order valence-electron chi connectivity index (χ0n) is 11.3. The van der Waals surface area contributed by atoms with E-state index < -0.39 is 6.10 Å². The molecule has 0 aliphatic heterocycles. The van der Waals surface area contributed by atoms with Gasteiger partial charge in [0.15, 0.2) is 5.75 Å². The molecule has 2 heterocycles. The lowest BCUT2D eigenvalue weighted by molar-refractivity contribution is 0.194. The SMILES string of the molecule is C[C@@H](O)c1ccc(Oc2c(C#N)oc3ccccc23)cn1. The van der Waals surface area contributed by atoms with Gasteiger partial charge in [-0.25, -0.2) is 0 Å². The average molecular weight is 280 g/mol. The maximum atomic E-state index is 9.43. The number of hydrogen-bond donors (Lipinski definition) is 1. The molecule has 0 aliphatic rings. The van der Waals surface area contributed by atoms with Crippen LogP contribution in [0.25, 0.3) is 11.0 Å². The Labute approximate surface area is 121 Å². The number of rotatable bonds is 3. The van der Waals surface area contributed by atoms with Gasteiger partial charge in [-0.15, -0.1) is 0 Å². The fourth-order valence-electron chi connectivity index (χ4n) is 2.01. The molecule has 0 spiro atoms. The molecule has 5 nitrogen and oxygen atoms in total. The summed E-state index contributed by atoms with van der Waals surface area (Å²) < 4.78 is 11.2. The van der Waals surface area contributed by atoms with Gasteiger partial charge in [0.25, 0.3) is 0 Å². The van der Waals surface area contributed by atoms with Gasteiger partial charge in [-0.2, -0.15) is 5.26 Å². The summed E-state index contributed by atoms with van der Waals surface area (Å²) >= 11 is 0.